The van der Waals surface area contributed by atoms with E-state index in [9.17, 15) is 18.3 Å². The summed E-state index contributed by atoms with van der Waals surface area (Å²) in [4.78, 5) is 16.5. The van der Waals surface area contributed by atoms with Gasteiger partial charge in [0.1, 0.15) is 38.5 Å². The molecule has 0 spiro atoms. The summed E-state index contributed by atoms with van der Waals surface area (Å²) in [5, 5.41) is 26.5. The van der Waals surface area contributed by atoms with Crippen molar-refractivity contribution in [3.63, 3.8) is 0 Å². The molecule has 6 rings (SSSR count). The Kier molecular flexibility index (Phi) is 15.3. The zero-order chi connectivity index (χ0) is 47.8. The van der Waals surface area contributed by atoms with Crippen molar-refractivity contribution >= 4 is 32.0 Å². The van der Waals surface area contributed by atoms with Crippen LogP contribution in [0.15, 0.2) is 107 Å². The molecule has 1 amide bonds. The van der Waals surface area contributed by atoms with Crippen LogP contribution >= 0.6 is 0 Å². The lowest BCUT2D eigenvalue weighted by atomic mass is 9.99. The minimum Gasteiger partial charge on any atom is -0.497 e. The molecule has 0 saturated heterocycles. The Hall–Kier alpha value is -6.65. The van der Waals surface area contributed by atoms with E-state index in [0.29, 0.717) is 39.5 Å². The van der Waals surface area contributed by atoms with Crippen molar-refractivity contribution < 1.29 is 45.7 Å². The Morgan fingerprint density at radius 3 is 1.88 bits per heavy atom. The smallest absolute Gasteiger partial charge is 0.407 e. The number of aliphatic hydroxyl groups excluding tert-OH is 1. The molecule has 2 aromatic heterocycles. The highest BCUT2D eigenvalue weighted by Gasteiger charge is 2.38. The molecular weight excluding hydrogens is 891 g/mol. The first-order valence-electron chi connectivity index (χ1n) is 20.5. The average Bonchev–Trinajstić information content (AvgIpc) is 3.76. The second-order valence-electron chi connectivity index (χ2n) is 16.1. The van der Waals surface area contributed by atoms with Crippen LogP contribution in [0.3, 0.4) is 0 Å². The molecular formula is C45H53N9O10S2. The van der Waals surface area contributed by atoms with Gasteiger partial charge < -0.3 is 35.1 Å². The van der Waals surface area contributed by atoms with Crippen LogP contribution < -0.4 is 30.0 Å². The van der Waals surface area contributed by atoms with Gasteiger partial charge in [-0.1, -0.05) is 42.5 Å². The number of ether oxygens (including phenoxy) is 4. The molecule has 0 aliphatic rings. The summed E-state index contributed by atoms with van der Waals surface area (Å²) in [5.74, 6) is 1.71. The molecule has 350 valence electrons. The lowest BCUT2D eigenvalue weighted by Gasteiger charge is -2.26. The van der Waals surface area contributed by atoms with Crippen LogP contribution in [-0.2, 0) is 44.4 Å². The topological polar surface area (TPSA) is 252 Å². The van der Waals surface area contributed by atoms with Gasteiger partial charge >= 0.3 is 6.09 Å². The van der Waals surface area contributed by atoms with Gasteiger partial charge in [0.2, 0.25) is 25.9 Å². The molecule has 0 aliphatic carbocycles. The SMILES string of the molecule is COc1ccc(CN(Cc2ccc(OC)cc2)S(=O)(=O)c2c(S(=O)(=O)NCC(O)CNC(=O)OC(C)(C)C)ccc(-c3cnc(N)c(C)c3)c2-c2nnn(Cc3ccc(OC)cc3)n2)cc1. The molecule has 0 saturated carbocycles. The van der Waals surface area contributed by atoms with Gasteiger partial charge in [0, 0.05) is 37.9 Å². The number of sulfonamides is 2. The second-order valence-corrected chi connectivity index (χ2v) is 19.7. The van der Waals surface area contributed by atoms with E-state index in [2.05, 4.69) is 30.4 Å². The molecule has 1 unspecified atom stereocenters. The first-order chi connectivity index (χ1) is 31.3. The van der Waals surface area contributed by atoms with E-state index in [4.69, 9.17) is 24.7 Å². The van der Waals surface area contributed by atoms with E-state index >= 15 is 8.42 Å². The van der Waals surface area contributed by atoms with Crippen LogP contribution in [-0.4, -0.2) is 104 Å². The third-order valence-corrected chi connectivity index (χ3v) is 13.5. The number of benzene rings is 4. The first-order valence-corrected chi connectivity index (χ1v) is 23.4. The maximum atomic E-state index is 15.9. The summed E-state index contributed by atoms with van der Waals surface area (Å²) in [6.07, 6.45) is -0.852. The van der Waals surface area contributed by atoms with E-state index in [1.807, 2.05) is 0 Å². The summed E-state index contributed by atoms with van der Waals surface area (Å²) >= 11 is 0. The minimum atomic E-state index is -4.97. The van der Waals surface area contributed by atoms with Gasteiger partial charge in [0.25, 0.3) is 0 Å². The van der Waals surface area contributed by atoms with Gasteiger partial charge in [-0.15, -0.1) is 10.2 Å². The predicted octanol–water partition coefficient (Wildman–Crippen LogP) is 4.92. The molecule has 2 heterocycles. The maximum Gasteiger partial charge on any atom is 0.407 e. The number of hydrogen-bond donors (Lipinski definition) is 4. The Morgan fingerprint density at radius 2 is 1.36 bits per heavy atom. The number of nitrogen functional groups attached to an aromatic ring is 1. The number of amides is 1. The lowest BCUT2D eigenvalue weighted by Crippen LogP contribution is -2.42. The van der Waals surface area contributed by atoms with E-state index in [-0.39, 0.29) is 42.4 Å². The Morgan fingerprint density at radius 1 is 0.818 bits per heavy atom. The van der Waals surface area contributed by atoms with Crippen LogP contribution in [0.1, 0.15) is 43.0 Å². The van der Waals surface area contributed by atoms with Gasteiger partial charge in [0.05, 0.1) is 39.5 Å². The van der Waals surface area contributed by atoms with Crippen molar-refractivity contribution in [2.75, 3.05) is 40.2 Å². The predicted molar refractivity (Wildman–Crippen MR) is 246 cm³/mol. The first kappa shape index (κ1) is 48.8. The number of rotatable bonds is 19. The number of alkyl carbamates (subject to hydrolysis) is 1. The summed E-state index contributed by atoms with van der Waals surface area (Å²) < 4.78 is 85.9. The normalized spacial score (nSPS) is 12.4. The fourth-order valence-corrected chi connectivity index (χ4v) is 10.1. The summed E-state index contributed by atoms with van der Waals surface area (Å²) in [6.45, 7) is 5.34. The number of anilines is 1. The number of aromatic nitrogens is 5. The number of nitrogens with zero attached hydrogens (tertiary/aromatic N) is 6. The number of tetrazole rings is 1. The second kappa shape index (κ2) is 20.7. The summed E-state index contributed by atoms with van der Waals surface area (Å²) in [7, 11) is -5.25. The minimum absolute atomic E-state index is 0.104. The Labute approximate surface area is 384 Å². The van der Waals surface area contributed by atoms with Gasteiger partial charge in [-0.05, 0) is 109 Å². The molecule has 6 aromatic rings. The number of pyridine rings is 1. The molecule has 0 radical (unpaired) electrons. The van der Waals surface area contributed by atoms with Crippen LogP contribution in [0.5, 0.6) is 17.2 Å². The number of methoxy groups -OCH3 is 3. The van der Waals surface area contributed by atoms with Crippen LogP contribution in [0.25, 0.3) is 22.5 Å². The van der Waals surface area contributed by atoms with E-state index in [0.717, 1.165) is 15.9 Å². The lowest BCUT2D eigenvalue weighted by molar-refractivity contribution is 0.0494. The summed E-state index contributed by atoms with van der Waals surface area (Å²) in [5.41, 5.74) is 8.09. The Bertz CT molecular complexity index is 2800. The van der Waals surface area contributed by atoms with Gasteiger partial charge in [-0.25, -0.2) is 31.3 Å². The van der Waals surface area contributed by atoms with Crippen LogP contribution in [0.4, 0.5) is 10.6 Å². The highest BCUT2D eigenvalue weighted by Crippen LogP contribution is 2.41. The van der Waals surface area contributed by atoms with Crippen molar-refractivity contribution in [2.45, 2.75) is 68.8 Å². The fourth-order valence-electron chi connectivity index (χ4n) is 6.63. The van der Waals surface area contributed by atoms with Crippen LogP contribution in [0, 0.1) is 6.92 Å². The monoisotopic (exact) mass is 943 g/mol. The van der Waals surface area contributed by atoms with Crippen molar-refractivity contribution in [3.8, 4) is 39.8 Å². The zero-order valence-corrected chi connectivity index (χ0v) is 39.2. The largest absolute Gasteiger partial charge is 0.497 e. The van der Waals surface area contributed by atoms with E-state index in [1.54, 1.807) is 114 Å². The number of nitrogens with two attached hydrogens (primary N) is 1. The Balaban J connectivity index is 1.56. The zero-order valence-electron chi connectivity index (χ0n) is 37.5. The number of aryl methyl sites for hydroxylation is 1. The van der Waals surface area contributed by atoms with E-state index < -0.39 is 60.7 Å². The molecule has 0 aliphatic heterocycles. The fraction of sp³-hybridized carbons (Fsp3) is 0.311. The van der Waals surface area contributed by atoms with Crippen LogP contribution in [0.2, 0.25) is 0 Å². The molecule has 19 nitrogen and oxygen atoms in total. The summed E-state index contributed by atoms with van der Waals surface area (Å²) in [6, 6.07) is 25.0. The van der Waals surface area contributed by atoms with Crippen molar-refractivity contribution in [3.05, 3.63) is 119 Å². The number of aliphatic hydroxyl groups is 1. The number of carbonyl (C=O) groups excluding carboxylic acids is 1. The van der Waals surface area contributed by atoms with E-state index in [1.165, 1.54) is 31.3 Å². The molecule has 0 fully saturated rings. The molecule has 1 atom stereocenters. The third kappa shape index (κ3) is 12.2. The highest BCUT2D eigenvalue weighted by molar-refractivity contribution is 7.92. The molecule has 21 heteroatoms. The van der Waals surface area contributed by atoms with Gasteiger partial charge in [-0.2, -0.15) is 9.10 Å². The van der Waals surface area contributed by atoms with Gasteiger partial charge in [0.15, 0.2) is 0 Å². The molecule has 0 bridgehead atoms. The highest BCUT2D eigenvalue weighted by atomic mass is 32.2. The van der Waals surface area contributed by atoms with Crippen molar-refractivity contribution in [2.24, 2.45) is 0 Å². The quantitative estimate of drug-likeness (QED) is 0.0841. The molecule has 4 aromatic carbocycles. The average molecular weight is 944 g/mol. The van der Waals surface area contributed by atoms with Crippen molar-refractivity contribution in [1.82, 2.24) is 39.5 Å². The standard InChI is InChI=1S/C45H53N9O10S2/c1-29-22-33(23-47-42(29)46)38-20-21-39(65(57,58)49-25-34(55)24-48-44(56)64-45(2,3)4)41(40(38)43-50-52-54(51-43)28-32-12-18-37(63-7)19-13-32)66(59,60)53(26-30-8-14-35(61-5)15-9-30)27-31-10-16-36(62-6)17-11-31/h8-23,34,49,55H,24-28H2,1-7H3,(H2,46,47)(H,48,56). The van der Waals surface area contributed by atoms with Crippen molar-refractivity contribution in [1.29, 1.82) is 0 Å². The molecule has 5 N–H and O–H groups in total. The number of carbonyl (C=O) groups is 1. The third-order valence-electron chi connectivity index (χ3n) is 10.0. The maximum absolute atomic E-state index is 15.9. The van der Waals surface area contributed by atoms with Gasteiger partial charge in [-0.3, -0.25) is 0 Å². The molecule has 66 heavy (non-hydrogen) atoms. The number of hydrogen-bond acceptors (Lipinski definition) is 15. The number of nitrogens with one attached hydrogen (secondary N) is 2.